The summed E-state index contributed by atoms with van der Waals surface area (Å²) in [5, 5.41) is 7.58. The number of nitrogens with two attached hydrogens (primary N) is 1. The maximum Gasteiger partial charge on any atom is 0.240 e. The van der Waals surface area contributed by atoms with Crippen LogP contribution in [0.5, 0.6) is 11.5 Å². The number of hydrogen-bond donors (Lipinski definition) is 2. The van der Waals surface area contributed by atoms with Gasteiger partial charge in [0, 0.05) is 5.69 Å². The molecule has 0 bridgehead atoms. The van der Waals surface area contributed by atoms with Gasteiger partial charge in [0.05, 0.1) is 17.1 Å². The maximum absolute atomic E-state index is 11.6. The van der Waals surface area contributed by atoms with Gasteiger partial charge in [-0.05, 0) is 62.7 Å². The molecule has 0 radical (unpaired) electrons. The van der Waals surface area contributed by atoms with Gasteiger partial charge in [0.25, 0.3) is 0 Å². The summed E-state index contributed by atoms with van der Waals surface area (Å²) in [6.45, 7) is 5.48. The molecule has 3 rings (SSSR count). The van der Waals surface area contributed by atoms with Gasteiger partial charge in [-0.3, -0.25) is 4.79 Å². The minimum atomic E-state index is -0.557. The van der Waals surface area contributed by atoms with Crippen LogP contribution in [0.2, 0.25) is 0 Å². The van der Waals surface area contributed by atoms with Crippen molar-refractivity contribution in [2.45, 2.75) is 26.8 Å². The van der Waals surface area contributed by atoms with Gasteiger partial charge in [0.15, 0.2) is 5.58 Å². The largest absolute Gasteiger partial charge is 0.457 e. The Morgan fingerprint density at radius 2 is 1.96 bits per heavy atom. The Morgan fingerprint density at radius 3 is 2.62 bits per heavy atom. The number of carbonyl (C=O) groups is 1. The highest BCUT2D eigenvalue weighted by molar-refractivity contribution is 5.94. The molecule has 0 spiro atoms. The topological polar surface area (TPSA) is 90.4 Å². The van der Waals surface area contributed by atoms with E-state index in [0.717, 1.165) is 16.6 Å². The monoisotopic (exact) mass is 325 g/mol. The van der Waals surface area contributed by atoms with E-state index < -0.39 is 6.04 Å². The number of anilines is 1. The van der Waals surface area contributed by atoms with Crippen molar-refractivity contribution < 1.29 is 14.1 Å². The fraction of sp³-hybridized carbons (Fsp3) is 0.222. The van der Waals surface area contributed by atoms with Crippen molar-refractivity contribution in [1.29, 1.82) is 0 Å². The van der Waals surface area contributed by atoms with Gasteiger partial charge >= 0.3 is 0 Å². The van der Waals surface area contributed by atoms with E-state index >= 15 is 0 Å². The summed E-state index contributed by atoms with van der Waals surface area (Å²) in [4.78, 5) is 11.6. The molecule has 2 aromatic carbocycles. The third-order valence-corrected chi connectivity index (χ3v) is 3.62. The quantitative estimate of drug-likeness (QED) is 0.766. The van der Waals surface area contributed by atoms with Crippen molar-refractivity contribution in [3.05, 3.63) is 47.7 Å². The molecule has 6 heteroatoms. The average Bonchev–Trinajstić information content (AvgIpc) is 2.90. The Kier molecular flexibility index (Phi) is 4.22. The van der Waals surface area contributed by atoms with Crippen LogP contribution >= 0.6 is 0 Å². The van der Waals surface area contributed by atoms with Crippen LogP contribution in [-0.2, 0) is 4.79 Å². The van der Waals surface area contributed by atoms with Crippen LogP contribution in [-0.4, -0.2) is 17.1 Å². The number of aromatic nitrogens is 1. The number of ether oxygens (including phenoxy) is 1. The SMILES string of the molecule is Cc1cc(Oc2ccc(NC(=O)[C@@H](C)N)cc2)c2c(C)noc2c1. The number of nitrogens with zero attached hydrogens (tertiary/aromatic N) is 1. The first kappa shape index (κ1) is 16.0. The molecule has 1 heterocycles. The lowest BCUT2D eigenvalue weighted by molar-refractivity contribution is -0.117. The van der Waals surface area contributed by atoms with Gasteiger partial charge in [-0.15, -0.1) is 0 Å². The summed E-state index contributed by atoms with van der Waals surface area (Å²) in [7, 11) is 0. The van der Waals surface area contributed by atoms with Crippen LogP contribution in [0.3, 0.4) is 0 Å². The number of fused-ring (bicyclic) bond motifs is 1. The third-order valence-electron chi connectivity index (χ3n) is 3.62. The van der Waals surface area contributed by atoms with E-state index in [-0.39, 0.29) is 5.91 Å². The van der Waals surface area contributed by atoms with Crippen molar-refractivity contribution in [2.75, 3.05) is 5.32 Å². The number of benzene rings is 2. The van der Waals surface area contributed by atoms with E-state index in [4.69, 9.17) is 15.0 Å². The molecule has 1 amide bonds. The number of amides is 1. The summed E-state index contributed by atoms with van der Waals surface area (Å²) in [5.74, 6) is 1.11. The molecule has 0 saturated heterocycles. The van der Waals surface area contributed by atoms with E-state index in [1.807, 2.05) is 26.0 Å². The molecule has 3 N–H and O–H groups in total. The van der Waals surface area contributed by atoms with Crippen LogP contribution in [0.15, 0.2) is 40.9 Å². The summed E-state index contributed by atoms with van der Waals surface area (Å²) < 4.78 is 11.3. The lowest BCUT2D eigenvalue weighted by Gasteiger charge is -2.10. The molecule has 1 atom stereocenters. The Morgan fingerprint density at radius 1 is 1.25 bits per heavy atom. The van der Waals surface area contributed by atoms with E-state index in [1.165, 1.54) is 0 Å². The van der Waals surface area contributed by atoms with Gasteiger partial charge in [0.1, 0.15) is 11.5 Å². The van der Waals surface area contributed by atoms with Crippen molar-refractivity contribution in [3.63, 3.8) is 0 Å². The predicted molar refractivity (Wildman–Crippen MR) is 92.3 cm³/mol. The second-order valence-corrected chi connectivity index (χ2v) is 5.81. The number of carbonyl (C=O) groups excluding carboxylic acids is 1. The summed E-state index contributed by atoms with van der Waals surface area (Å²) in [5.41, 5.74) is 8.70. The maximum atomic E-state index is 11.6. The molecule has 0 aliphatic carbocycles. The number of hydrogen-bond acceptors (Lipinski definition) is 5. The molecule has 1 aromatic heterocycles. The molecule has 0 saturated carbocycles. The molecule has 6 nitrogen and oxygen atoms in total. The Labute approximate surface area is 139 Å². The highest BCUT2D eigenvalue weighted by Gasteiger charge is 2.13. The molecule has 0 unspecified atom stereocenters. The van der Waals surface area contributed by atoms with Crippen molar-refractivity contribution >= 4 is 22.6 Å². The number of nitrogens with one attached hydrogen (secondary N) is 1. The lowest BCUT2D eigenvalue weighted by atomic mass is 10.1. The molecule has 0 fully saturated rings. The predicted octanol–water partition coefficient (Wildman–Crippen LogP) is 3.52. The molecule has 3 aromatic rings. The highest BCUT2D eigenvalue weighted by atomic mass is 16.5. The minimum absolute atomic E-state index is 0.232. The Hall–Kier alpha value is -2.86. The summed E-state index contributed by atoms with van der Waals surface area (Å²) in [6.07, 6.45) is 0. The van der Waals surface area contributed by atoms with Crippen LogP contribution in [0.25, 0.3) is 11.0 Å². The first-order valence-corrected chi connectivity index (χ1v) is 7.65. The van der Waals surface area contributed by atoms with Crippen molar-refractivity contribution in [1.82, 2.24) is 5.16 Å². The first-order chi connectivity index (χ1) is 11.4. The van der Waals surface area contributed by atoms with Crippen LogP contribution < -0.4 is 15.8 Å². The second kappa shape index (κ2) is 6.33. The van der Waals surface area contributed by atoms with Gasteiger partial charge in [-0.25, -0.2) is 0 Å². The number of aryl methyl sites for hydroxylation is 2. The molecular weight excluding hydrogens is 306 g/mol. The second-order valence-electron chi connectivity index (χ2n) is 5.81. The third kappa shape index (κ3) is 3.23. The van der Waals surface area contributed by atoms with E-state index in [1.54, 1.807) is 31.2 Å². The summed E-state index contributed by atoms with van der Waals surface area (Å²) >= 11 is 0. The van der Waals surface area contributed by atoms with E-state index in [9.17, 15) is 4.79 Å². The van der Waals surface area contributed by atoms with Gasteiger partial charge in [-0.2, -0.15) is 0 Å². The fourth-order valence-corrected chi connectivity index (χ4v) is 2.38. The van der Waals surface area contributed by atoms with Gasteiger partial charge in [0.2, 0.25) is 5.91 Å². The Balaban J connectivity index is 1.84. The normalized spacial score (nSPS) is 12.2. The van der Waals surface area contributed by atoms with E-state index in [2.05, 4.69) is 10.5 Å². The molecule has 24 heavy (non-hydrogen) atoms. The van der Waals surface area contributed by atoms with Crippen molar-refractivity contribution in [3.8, 4) is 11.5 Å². The fourth-order valence-electron chi connectivity index (χ4n) is 2.38. The zero-order valence-corrected chi connectivity index (χ0v) is 13.8. The minimum Gasteiger partial charge on any atom is -0.457 e. The van der Waals surface area contributed by atoms with Crippen LogP contribution in [0.1, 0.15) is 18.2 Å². The van der Waals surface area contributed by atoms with E-state index in [0.29, 0.717) is 22.8 Å². The first-order valence-electron chi connectivity index (χ1n) is 7.65. The van der Waals surface area contributed by atoms with Gasteiger partial charge in [-0.1, -0.05) is 5.16 Å². The highest BCUT2D eigenvalue weighted by Crippen LogP contribution is 2.33. The lowest BCUT2D eigenvalue weighted by Crippen LogP contribution is -2.32. The number of rotatable bonds is 4. The average molecular weight is 325 g/mol. The van der Waals surface area contributed by atoms with Crippen LogP contribution in [0.4, 0.5) is 5.69 Å². The summed E-state index contributed by atoms with van der Waals surface area (Å²) in [6, 6.07) is 10.4. The molecule has 0 aliphatic rings. The Bertz CT molecular complexity index is 882. The smallest absolute Gasteiger partial charge is 0.240 e. The van der Waals surface area contributed by atoms with Crippen LogP contribution in [0, 0.1) is 13.8 Å². The standard InChI is InChI=1S/C18H19N3O3/c1-10-8-15(17-12(3)21-24-16(17)9-10)23-14-6-4-13(5-7-14)20-18(22)11(2)19/h4-9,11H,19H2,1-3H3,(H,20,22)/t11-/m1/s1. The zero-order chi connectivity index (χ0) is 17.3. The molecule has 124 valence electrons. The molecular formula is C18H19N3O3. The molecule has 0 aliphatic heterocycles. The van der Waals surface area contributed by atoms with Gasteiger partial charge < -0.3 is 20.3 Å². The zero-order valence-electron chi connectivity index (χ0n) is 13.8. The van der Waals surface area contributed by atoms with Crippen molar-refractivity contribution in [2.24, 2.45) is 5.73 Å².